The highest BCUT2D eigenvalue weighted by molar-refractivity contribution is 9.10. The zero-order chi connectivity index (χ0) is 14.4. The second-order valence-corrected chi connectivity index (χ2v) is 6.96. The Bertz CT molecular complexity index is 725. The summed E-state index contributed by atoms with van der Waals surface area (Å²) in [5.41, 5.74) is 3.78. The average Bonchev–Trinajstić information content (AvgIpc) is 2.97. The first-order valence-electron chi connectivity index (χ1n) is 7.22. The molecule has 106 valence electrons. The molecule has 3 heteroatoms. The number of hydrogen-bond acceptors (Lipinski definition) is 1. The lowest BCUT2D eigenvalue weighted by Gasteiger charge is -2.38. The van der Waals surface area contributed by atoms with E-state index in [4.69, 9.17) is 11.6 Å². The quantitative estimate of drug-likeness (QED) is 0.622. The Labute approximate surface area is 138 Å². The SMILES string of the molecule is Clc1ccccc1[C@@H]1Nc2c(Br)cccc2[C@H]2C=CC[C@@H]21. The van der Waals surface area contributed by atoms with Crippen LogP contribution in [0.4, 0.5) is 5.69 Å². The standard InChI is InChI=1S/C18H15BrClN/c19-15-9-4-8-13-11-6-3-7-12(11)17(21-18(13)15)14-5-1-2-10-16(14)20/h1-6,8-12,17,21H,7H2/t11-,12-,17+/m0/s1. The third-order valence-electron chi connectivity index (χ3n) is 4.59. The smallest absolute Gasteiger partial charge is 0.0568 e. The lowest BCUT2D eigenvalue weighted by atomic mass is 9.77. The van der Waals surface area contributed by atoms with Crippen molar-refractivity contribution in [3.63, 3.8) is 0 Å². The number of benzene rings is 2. The fraction of sp³-hybridized carbons (Fsp3) is 0.222. The van der Waals surface area contributed by atoms with E-state index in [1.165, 1.54) is 16.8 Å². The molecule has 1 aliphatic carbocycles. The Balaban J connectivity index is 1.85. The van der Waals surface area contributed by atoms with Gasteiger partial charge >= 0.3 is 0 Å². The zero-order valence-corrected chi connectivity index (χ0v) is 13.7. The summed E-state index contributed by atoms with van der Waals surface area (Å²) in [7, 11) is 0. The molecule has 3 atom stereocenters. The first-order valence-corrected chi connectivity index (χ1v) is 8.39. The van der Waals surface area contributed by atoms with E-state index >= 15 is 0 Å². The van der Waals surface area contributed by atoms with E-state index in [0.29, 0.717) is 11.8 Å². The first-order chi connectivity index (χ1) is 10.3. The molecule has 2 aromatic carbocycles. The van der Waals surface area contributed by atoms with Crippen LogP contribution >= 0.6 is 27.5 Å². The molecule has 4 rings (SSSR count). The van der Waals surface area contributed by atoms with Gasteiger partial charge in [0.05, 0.1) is 11.7 Å². The van der Waals surface area contributed by atoms with Gasteiger partial charge in [-0.1, -0.05) is 54.1 Å². The van der Waals surface area contributed by atoms with Crippen LogP contribution in [0.1, 0.15) is 29.5 Å². The van der Waals surface area contributed by atoms with Gasteiger partial charge in [-0.25, -0.2) is 0 Å². The number of fused-ring (bicyclic) bond motifs is 3. The molecule has 21 heavy (non-hydrogen) atoms. The summed E-state index contributed by atoms with van der Waals surface area (Å²) in [6, 6.07) is 14.9. The molecule has 0 spiro atoms. The van der Waals surface area contributed by atoms with Gasteiger partial charge in [0.25, 0.3) is 0 Å². The number of anilines is 1. The van der Waals surface area contributed by atoms with Crippen molar-refractivity contribution < 1.29 is 0 Å². The second-order valence-electron chi connectivity index (χ2n) is 5.70. The molecule has 0 saturated heterocycles. The van der Waals surface area contributed by atoms with Gasteiger partial charge in [0.1, 0.15) is 0 Å². The summed E-state index contributed by atoms with van der Waals surface area (Å²) in [4.78, 5) is 0. The molecule has 1 nitrogen and oxygen atoms in total. The van der Waals surface area contributed by atoms with Crippen molar-refractivity contribution in [1.29, 1.82) is 0 Å². The molecular formula is C18H15BrClN. The van der Waals surface area contributed by atoms with E-state index in [9.17, 15) is 0 Å². The van der Waals surface area contributed by atoms with E-state index in [-0.39, 0.29) is 6.04 Å². The molecule has 0 fully saturated rings. The maximum Gasteiger partial charge on any atom is 0.0568 e. The van der Waals surface area contributed by atoms with E-state index in [1.807, 2.05) is 12.1 Å². The van der Waals surface area contributed by atoms with Crippen LogP contribution in [0.5, 0.6) is 0 Å². The molecule has 0 saturated carbocycles. The molecule has 0 unspecified atom stereocenters. The van der Waals surface area contributed by atoms with Gasteiger partial charge in [-0.2, -0.15) is 0 Å². The molecule has 0 amide bonds. The monoisotopic (exact) mass is 359 g/mol. The minimum atomic E-state index is 0.255. The van der Waals surface area contributed by atoms with Crippen molar-refractivity contribution in [2.45, 2.75) is 18.4 Å². The van der Waals surface area contributed by atoms with Crippen LogP contribution < -0.4 is 5.32 Å². The highest BCUT2D eigenvalue weighted by Crippen LogP contribution is 2.52. The van der Waals surface area contributed by atoms with E-state index in [1.54, 1.807) is 0 Å². The molecule has 0 radical (unpaired) electrons. The Morgan fingerprint density at radius 2 is 1.86 bits per heavy atom. The van der Waals surface area contributed by atoms with Crippen molar-refractivity contribution in [3.05, 3.63) is 75.2 Å². The maximum absolute atomic E-state index is 6.44. The molecule has 0 bridgehead atoms. The summed E-state index contributed by atoms with van der Waals surface area (Å²) in [5, 5.41) is 4.57. The molecular weight excluding hydrogens is 346 g/mol. The van der Waals surface area contributed by atoms with E-state index in [2.05, 4.69) is 63.7 Å². The Morgan fingerprint density at radius 3 is 2.71 bits per heavy atom. The molecule has 1 aliphatic heterocycles. The van der Waals surface area contributed by atoms with Gasteiger partial charge in [0.15, 0.2) is 0 Å². The average molecular weight is 361 g/mol. The number of nitrogens with one attached hydrogen (secondary N) is 1. The number of para-hydroxylation sites is 1. The van der Waals surface area contributed by atoms with Gasteiger partial charge in [-0.3, -0.25) is 0 Å². The van der Waals surface area contributed by atoms with Crippen LogP contribution in [0.25, 0.3) is 0 Å². The lowest BCUT2D eigenvalue weighted by Crippen LogP contribution is -2.29. The van der Waals surface area contributed by atoms with Crippen molar-refractivity contribution in [2.24, 2.45) is 5.92 Å². The molecule has 2 aliphatic rings. The van der Waals surface area contributed by atoms with Gasteiger partial charge in [-0.15, -0.1) is 0 Å². The van der Waals surface area contributed by atoms with Gasteiger partial charge < -0.3 is 5.32 Å². The minimum Gasteiger partial charge on any atom is -0.377 e. The molecule has 1 heterocycles. The van der Waals surface area contributed by atoms with E-state index < -0.39 is 0 Å². The van der Waals surface area contributed by atoms with Crippen LogP contribution in [0.15, 0.2) is 59.1 Å². The fourth-order valence-electron chi connectivity index (χ4n) is 3.62. The molecule has 2 aromatic rings. The van der Waals surface area contributed by atoms with Crippen LogP contribution in [0, 0.1) is 5.92 Å². The van der Waals surface area contributed by atoms with Crippen LogP contribution in [-0.4, -0.2) is 0 Å². The van der Waals surface area contributed by atoms with Crippen molar-refractivity contribution in [3.8, 4) is 0 Å². The molecule has 0 aromatic heterocycles. The van der Waals surface area contributed by atoms with Crippen LogP contribution in [-0.2, 0) is 0 Å². The lowest BCUT2D eigenvalue weighted by molar-refractivity contribution is 0.425. The van der Waals surface area contributed by atoms with E-state index in [0.717, 1.165) is 15.9 Å². The molecule has 1 N–H and O–H groups in total. The number of allylic oxidation sites excluding steroid dienone is 2. The van der Waals surface area contributed by atoms with Gasteiger partial charge in [0, 0.05) is 15.4 Å². The van der Waals surface area contributed by atoms with Gasteiger partial charge in [-0.05, 0) is 51.5 Å². The Kier molecular flexibility index (Phi) is 3.31. The summed E-state index contributed by atoms with van der Waals surface area (Å²) in [5.74, 6) is 1.01. The largest absolute Gasteiger partial charge is 0.377 e. The predicted molar refractivity (Wildman–Crippen MR) is 91.9 cm³/mol. The Morgan fingerprint density at radius 1 is 1.05 bits per heavy atom. The summed E-state index contributed by atoms with van der Waals surface area (Å²) in [6.07, 6.45) is 5.75. The van der Waals surface area contributed by atoms with Crippen molar-refractivity contribution in [2.75, 3.05) is 5.32 Å². The number of halogens is 2. The summed E-state index contributed by atoms with van der Waals surface area (Å²) >= 11 is 10.1. The minimum absolute atomic E-state index is 0.255. The Hall–Kier alpha value is -1.25. The zero-order valence-electron chi connectivity index (χ0n) is 11.4. The topological polar surface area (TPSA) is 12.0 Å². The second kappa shape index (κ2) is 5.19. The summed E-state index contributed by atoms with van der Waals surface area (Å²) < 4.78 is 1.12. The normalized spacial score (nSPS) is 26.1. The van der Waals surface area contributed by atoms with Crippen LogP contribution in [0.2, 0.25) is 5.02 Å². The van der Waals surface area contributed by atoms with Gasteiger partial charge in [0.2, 0.25) is 0 Å². The highest BCUT2D eigenvalue weighted by Gasteiger charge is 2.38. The van der Waals surface area contributed by atoms with Crippen LogP contribution in [0.3, 0.4) is 0 Å². The predicted octanol–water partition coefficient (Wildman–Crippen LogP) is 5.93. The number of hydrogen-bond donors (Lipinski definition) is 1. The number of rotatable bonds is 1. The van der Waals surface area contributed by atoms with Crippen molar-refractivity contribution >= 4 is 33.2 Å². The third kappa shape index (κ3) is 2.13. The maximum atomic E-state index is 6.44. The highest BCUT2D eigenvalue weighted by atomic mass is 79.9. The fourth-order valence-corrected chi connectivity index (χ4v) is 4.37. The third-order valence-corrected chi connectivity index (χ3v) is 5.59. The van der Waals surface area contributed by atoms with Crippen molar-refractivity contribution in [1.82, 2.24) is 0 Å². The summed E-state index contributed by atoms with van der Waals surface area (Å²) in [6.45, 7) is 0. The first kappa shape index (κ1) is 13.4.